The lowest BCUT2D eigenvalue weighted by Gasteiger charge is -2.25. The fraction of sp³-hybridized carbons (Fsp3) is 0.619. The SMILES string of the molecule is O=C1CCN(S(=O)(=O)c2ccccc2)CCCN(C(=O)CC2CCCC2)CCN1. The molecule has 2 aliphatic rings. The van der Waals surface area contributed by atoms with Gasteiger partial charge in [0.1, 0.15) is 0 Å². The van der Waals surface area contributed by atoms with E-state index in [2.05, 4.69) is 5.32 Å². The Morgan fingerprint density at radius 2 is 1.72 bits per heavy atom. The molecule has 1 N–H and O–H groups in total. The quantitative estimate of drug-likeness (QED) is 0.806. The molecule has 7 nitrogen and oxygen atoms in total. The summed E-state index contributed by atoms with van der Waals surface area (Å²) in [5, 5.41) is 2.82. The van der Waals surface area contributed by atoms with Crippen molar-refractivity contribution in [1.82, 2.24) is 14.5 Å². The van der Waals surface area contributed by atoms with E-state index < -0.39 is 10.0 Å². The summed E-state index contributed by atoms with van der Waals surface area (Å²) in [6.45, 7) is 1.81. The fourth-order valence-corrected chi connectivity index (χ4v) is 5.63. The molecule has 1 aliphatic carbocycles. The number of nitrogens with one attached hydrogen (secondary N) is 1. The lowest BCUT2D eigenvalue weighted by atomic mass is 10.0. The van der Waals surface area contributed by atoms with E-state index in [1.165, 1.54) is 17.1 Å². The molecule has 1 aromatic carbocycles. The van der Waals surface area contributed by atoms with Crippen molar-refractivity contribution >= 4 is 21.8 Å². The van der Waals surface area contributed by atoms with Crippen molar-refractivity contribution in [2.75, 3.05) is 32.7 Å². The van der Waals surface area contributed by atoms with Crippen LogP contribution in [0.25, 0.3) is 0 Å². The Balaban J connectivity index is 1.68. The Hall–Kier alpha value is -1.93. The van der Waals surface area contributed by atoms with Crippen molar-refractivity contribution in [3.63, 3.8) is 0 Å². The zero-order valence-electron chi connectivity index (χ0n) is 16.9. The standard InChI is InChI=1S/C21H31N3O4S/c25-20-11-15-24(29(27,28)19-9-2-1-3-10-19)14-6-13-23(16-12-22-20)21(26)17-18-7-4-5-8-18/h1-3,9-10,18H,4-8,11-17H2,(H,22,25). The molecule has 1 saturated carbocycles. The van der Waals surface area contributed by atoms with Crippen molar-refractivity contribution in [3.05, 3.63) is 30.3 Å². The third-order valence-corrected chi connectivity index (χ3v) is 7.71. The molecule has 1 heterocycles. The van der Waals surface area contributed by atoms with Crippen LogP contribution in [-0.4, -0.2) is 62.2 Å². The summed E-state index contributed by atoms with van der Waals surface area (Å²) in [5.41, 5.74) is 0. The molecule has 3 rings (SSSR count). The molecular weight excluding hydrogens is 390 g/mol. The zero-order chi connectivity index (χ0) is 20.7. The molecule has 1 saturated heterocycles. The van der Waals surface area contributed by atoms with E-state index in [0.717, 1.165) is 12.8 Å². The van der Waals surface area contributed by atoms with Crippen LogP contribution in [0.3, 0.4) is 0 Å². The first-order valence-corrected chi connectivity index (χ1v) is 12.0. The highest BCUT2D eigenvalue weighted by Crippen LogP contribution is 2.28. The summed E-state index contributed by atoms with van der Waals surface area (Å²) in [4.78, 5) is 26.9. The largest absolute Gasteiger partial charge is 0.354 e. The van der Waals surface area contributed by atoms with Gasteiger partial charge in [-0.05, 0) is 37.3 Å². The molecule has 0 atom stereocenters. The van der Waals surface area contributed by atoms with Gasteiger partial charge in [-0.25, -0.2) is 8.42 Å². The van der Waals surface area contributed by atoms with Crippen LogP contribution in [0.4, 0.5) is 0 Å². The Morgan fingerprint density at radius 3 is 2.45 bits per heavy atom. The molecule has 0 bridgehead atoms. The second-order valence-corrected chi connectivity index (χ2v) is 9.84. The maximum absolute atomic E-state index is 13.0. The molecule has 2 amide bonds. The van der Waals surface area contributed by atoms with E-state index in [9.17, 15) is 18.0 Å². The van der Waals surface area contributed by atoms with Crippen LogP contribution < -0.4 is 5.32 Å². The summed E-state index contributed by atoms with van der Waals surface area (Å²) in [5.74, 6) is 0.386. The molecule has 1 aliphatic heterocycles. The Labute approximate surface area is 173 Å². The first-order chi connectivity index (χ1) is 14.0. The fourth-order valence-electron chi connectivity index (χ4n) is 4.13. The lowest BCUT2D eigenvalue weighted by molar-refractivity contribution is -0.132. The number of sulfonamides is 1. The minimum atomic E-state index is -3.67. The third kappa shape index (κ3) is 6.02. The third-order valence-electron chi connectivity index (χ3n) is 5.80. The normalized spacial score (nSPS) is 20.8. The van der Waals surface area contributed by atoms with Gasteiger partial charge < -0.3 is 10.2 Å². The summed E-state index contributed by atoms with van der Waals surface area (Å²) in [6, 6.07) is 8.29. The second-order valence-electron chi connectivity index (χ2n) is 7.91. The van der Waals surface area contributed by atoms with E-state index >= 15 is 0 Å². The number of hydrogen-bond donors (Lipinski definition) is 1. The summed E-state index contributed by atoms with van der Waals surface area (Å²) in [7, 11) is -3.67. The maximum atomic E-state index is 13.0. The van der Waals surface area contributed by atoms with Crippen LogP contribution in [0.15, 0.2) is 35.2 Å². The number of nitrogens with zero attached hydrogens (tertiary/aromatic N) is 2. The minimum absolute atomic E-state index is 0.113. The first kappa shape index (κ1) is 21.8. The Kier molecular flexibility index (Phi) is 7.66. The highest BCUT2D eigenvalue weighted by atomic mass is 32.2. The molecular formula is C21H31N3O4S. The minimum Gasteiger partial charge on any atom is -0.354 e. The summed E-state index contributed by atoms with van der Waals surface area (Å²) >= 11 is 0. The average Bonchev–Trinajstić information content (AvgIpc) is 3.20. The predicted molar refractivity (Wildman–Crippen MR) is 111 cm³/mol. The molecule has 29 heavy (non-hydrogen) atoms. The van der Waals surface area contributed by atoms with Crippen LogP contribution in [0.1, 0.15) is 44.9 Å². The smallest absolute Gasteiger partial charge is 0.243 e. The monoisotopic (exact) mass is 421 g/mol. The number of hydrogen-bond acceptors (Lipinski definition) is 4. The van der Waals surface area contributed by atoms with Gasteiger partial charge in [0.05, 0.1) is 4.90 Å². The van der Waals surface area contributed by atoms with Crippen LogP contribution in [0, 0.1) is 5.92 Å². The predicted octanol–water partition coefficient (Wildman–Crippen LogP) is 2.00. The van der Waals surface area contributed by atoms with E-state index in [1.807, 2.05) is 0 Å². The van der Waals surface area contributed by atoms with Crippen LogP contribution in [0.5, 0.6) is 0 Å². The number of rotatable bonds is 4. The number of benzene rings is 1. The first-order valence-electron chi connectivity index (χ1n) is 10.6. The van der Waals surface area contributed by atoms with Crippen molar-refractivity contribution in [2.24, 2.45) is 5.92 Å². The van der Waals surface area contributed by atoms with Crippen molar-refractivity contribution < 1.29 is 18.0 Å². The van der Waals surface area contributed by atoms with Crippen LogP contribution in [0.2, 0.25) is 0 Å². The maximum Gasteiger partial charge on any atom is 0.243 e. The number of carbonyl (C=O) groups is 2. The van der Waals surface area contributed by atoms with Crippen LogP contribution in [-0.2, 0) is 19.6 Å². The van der Waals surface area contributed by atoms with Gasteiger partial charge in [-0.1, -0.05) is 31.0 Å². The van der Waals surface area contributed by atoms with Gasteiger partial charge in [0.15, 0.2) is 0 Å². The molecule has 8 heteroatoms. The molecule has 160 valence electrons. The molecule has 0 spiro atoms. The van der Waals surface area contributed by atoms with E-state index in [-0.39, 0.29) is 36.2 Å². The average molecular weight is 422 g/mol. The zero-order valence-corrected chi connectivity index (χ0v) is 17.7. The van der Waals surface area contributed by atoms with Crippen molar-refractivity contribution in [1.29, 1.82) is 0 Å². The summed E-state index contributed by atoms with van der Waals surface area (Å²) in [6.07, 6.45) is 5.83. The highest BCUT2D eigenvalue weighted by molar-refractivity contribution is 7.89. The molecule has 0 aromatic heterocycles. The molecule has 2 fully saturated rings. The van der Waals surface area contributed by atoms with Gasteiger partial charge in [0.25, 0.3) is 0 Å². The van der Waals surface area contributed by atoms with Gasteiger partial charge in [0, 0.05) is 45.6 Å². The molecule has 0 unspecified atom stereocenters. The topological polar surface area (TPSA) is 86.8 Å². The van der Waals surface area contributed by atoms with E-state index in [4.69, 9.17) is 0 Å². The number of amides is 2. The van der Waals surface area contributed by atoms with Gasteiger partial charge in [-0.3, -0.25) is 9.59 Å². The van der Waals surface area contributed by atoms with E-state index in [1.54, 1.807) is 35.2 Å². The van der Waals surface area contributed by atoms with Gasteiger partial charge in [-0.2, -0.15) is 4.31 Å². The second kappa shape index (κ2) is 10.2. The van der Waals surface area contributed by atoms with Crippen molar-refractivity contribution in [3.8, 4) is 0 Å². The summed E-state index contributed by atoms with van der Waals surface area (Å²) < 4.78 is 27.4. The Bertz CT molecular complexity index is 791. The number of carbonyl (C=O) groups excluding carboxylic acids is 2. The van der Waals surface area contributed by atoms with Gasteiger partial charge in [-0.15, -0.1) is 0 Å². The molecule has 0 radical (unpaired) electrons. The van der Waals surface area contributed by atoms with Crippen molar-refractivity contribution in [2.45, 2.75) is 49.8 Å². The van der Waals surface area contributed by atoms with Crippen LogP contribution >= 0.6 is 0 Å². The lowest BCUT2D eigenvalue weighted by Crippen LogP contribution is -2.39. The van der Waals surface area contributed by atoms with Gasteiger partial charge >= 0.3 is 0 Å². The Morgan fingerprint density at radius 1 is 1.00 bits per heavy atom. The van der Waals surface area contributed by atoms with Gasteiger partial charge in [0.2, 0.25) is 21.8 Å². The highest BCUT2D eigenvalue weighted by Gasteiger charge is 2.27. The van der Waals surface area contributed by atoms with E-state index in [0.29, 0.717) is 38.4 Å². The molecule has 1 aromatic rings.